The van der Waals surface area contributed by atoms with E-state index in [1.807, 2.05) is 13.8 Å². The fourth-order valence-electron chi connectivity index (χ4n) is 1.90. The molecule has 5 nitrogen and oxygen atoms in total. The molecule has 5 heteroatoms. The normalized spacial score (nSPS) is 10.6. The number of amides is 1. The monoisotopic (exact) mass is 254 g/mol. The topological polar surface area (TPSA) is 79.2 Å². The number of nitrogens with zero attached hydrogens (tertiary/aromatic N) is 1. The molecule has 18 heavy (non-hydrogen) atoms. The van der Waals surface area contributed by atoms with Crippen LogP contribution in [0.1, 0.15) is 46.5 Å². The Labute approximate surface area is 108 Å². The van der Waals surface area contributed by atoms with Crippen molar-refractivity contribution < 1.29 is 14.3 Å². The molecule has 0 unspecified atom stereocenters. The minimum atomic E-state index is -1.02. The number of hydrogen-bond donors (Lipinski definition) is 1. The molecule has 1 amide bonds. The van der Waals surface area contributed by atoms with E-state index in [0.717, 1.165) is 12.8 Å². The van der Waals surface area contributed by atoms with Gasteiger partial charge in [-0.1, -0.05) is 26.7 Å². The van der Waals surface area contributed by atoms with E-state index in [0.29, 0.717) is 12.8 Å². The van der Waals surface area contributed by atoms with Crippen LogP contribution in [-0.2, 0) is 14.3 Å². The summed E-state index contributed by atoms with van der Waals surface area (Å²) >= 11 is 0. The molecule has 1 N–H and O–H groups in total. The fourth-order valence-corrected chi connectivity index (χ4v) is 1.90. The standard InChI is InChI=1S/C13H22N2O3/c1-4-7-13(10-14,8-5-2)12(17)15-9-11(16)18-6-3/h4-9H2,1-3H3,(H,15,17). The number of hydrogen-bond acceptors (Lipinski definition) is 4. The molecule has 0 rings (SSSR count). The quantitative estimate of drug-likeness (QED) is 0.669. The van der Waals surface area contributed by atoms with Gasteiger partial charge in [0.15, 0.2) is 0 Å². The van der Waals surface area contributed by atoms with Gasteiger partial charge < -0.3 is 10.1 Å². The third-order valence-electron chi connectivity index (χ3n) is 2.70. The van der Waals surface area contributed by atoms with Crippen LogP contribution in [-0.4, -0.2) is 25.0 Å². The second kappa shape index (κ2) is 8.51. The number of nitriles is 1. The highest BCUT2D eigenvalue weighted by Crippen LogP contribution is 2.29. The van der Waals surface area contributed by atoms with Crippen LogP contribution in [0, 0.1) is 16.7 Å². The smallest absolute Gasteiger partial charge is 0.325 e. The van der Waals surface area contributed by atoms with Gasteiger partial charge in [0, 0.05) is 0 Å². The van der Waals surface area contributed by atoms with Crippen LogP contribution in [0.2, 0.25) is 0 Å². The highest BCUT2D eigenvalue weighted by molar-refractivity contribution is 5.88. The van der Waals surface area contributed by atoms with E-state index in [4.69, 9.17) is 4.74 Å². The van der Waals surface area contributed by atoms with Gasteiger partial charge in [-0.3, -0.25) is 9.59 Å². The summed E-state index contributed by atoms with van der Waals surface area (Å²) < 4.78 is 4.72. The first kappa shape index (κ1) is 16.4. The van der Waals surface area contributed by atoms with Crippen molar-refractivity contribution in [1.29, 1.82) is 5.26 Å². The summed E-state index contributed by atoms with van der Waals surface area (Å²) in [5, 5.41) is 11.7. The summed E-state index contributed by atoms with van der Waals surface area (Å²) in [7, 11) is 0. The van der Waals surface area contributed by atoms with Crippen LogP contribution in [0.4, 0.5) is 0 Å². The van der Waals surface area contributed by atoms with Crippen LogP contribution in [0.15, 0.2) is 0 Å². The highest BCUT2D eigenvalue weighted by atomic mass is 16.5. The molecule has 0 radical (unpaired) electrons. The number of nitrogens with one attached hydrogen (secondary N) is 1. The molecule has 0 atom stereocenters. The van der Waals surface area contributed by atoms with Crippen LogP contribution in [0.5, 0.6) is 0 Å². The third-order valence-corrected chi connectivity index (χ3v) is 2.70. The number of rotatable bonds is 8. The average Bonchev–Trinajstić information content (AvgIpc) is 2.35. The predicted octanol–water partition coefficient (Wildman–Crippen LogP) is 1.78. The summed E-state index contributed by atoms with van der Waals surface area (Å²) in [4.78, 5) is 23.2. The van der Waals surface area contributed by atoms with Gasteiger partial charge in [0.1, 0.15) is 12.0 Å². The number of esters is 1. The van der Waals surface area contributed by atoms with Crippen molar-refractivity contribution in [2.24, 2.45) is 5.41 Å². The summed E-state index contributed by atoms with van der Waals surface area (Å²) in [5.74, 6) is -0.854. The Hall–Kier alpha value is -1.57. The molecule has 0 heterocycles. The van der Waals surface area contributed by atoms with Crippen LogP contribution in [0.25, 0.3) is 0 Å². The molecular weight excluding hydrogens is 232 g/mol. The minimum Gasteiger partial charge on any atom is -0.465 e. The van der Waals surface area contributed by atoms with Gasteiger partial charge in [0.25, 0.3) is 0 Å². The predicted molar refractivity (Wildman–Crippen MR) is 67.5 cm³/mol. The second-order valence-corrected chi connectivity index (χ2v) is 4.18. The van der Waals surface area contributed by atoms with E-state index in [1.165, 1.54) is 0 Å². The Morgan fingerprint density at radius 2 is 1.78 bits per heavy atom. The molecule has 0 aromatic rings. The van der Waals surface area contributed by atoms with Crippen LogP contribution >= 0.6 is 0 Å². The first-order valence-corrected chi connectivity index (χ1v) is 6.41. The van der Waals surface area contributed by atoms with Crippen molar-refractivity contribution in [2.75, 3.05) is 13.2 Å². The highest BCUT2D eigenvalue weighted by Gasteiger charge is 2.36. The Bertz CT molecular complexity index is 315. The molecule has 0 aliphatic rings. The van der Waals surface area contributed by atoms with Crippen LogP contribution < -0.4 is 5.32 Å². The number of carbonyl (C=O) groups excluding carboxylic acids is 2. The maximum absolute atomic E-state index is 12.0. The second-order valence-electron chi connectivity index (χ2n) is 4.18. The molecule has 0 aromatic heterocycles. The fraction of sp³-hybridized carbons (Fsp3) is 0.769. The molecule has 0 saturated heterocycles. The van der Waals surface area contributed by atoms with Crippen molar-refractivity contribution >= 4 is 11.9 Å². The maximum Gasteiger partial charge on any atom is 0.325 e. The summed E-state index contributed by atoms with van der Waals surface area (Å²) in [6, 6.07) is 2.11. The average molecular weight is 254 g/mol. The zero-order valence-electron chi connectivity index (χ0n) is 11.4. The minimum absolute atomic E-state index is 0.177. The van der Waals surface area contributed by atoms with Crippen molar-refractivity contribution in [3.05, 3.63) is 0 Å². The maximum atomic E-state index is 12.0. The van der Waals surface area contributed by atoms with Crippen molar-refractivity contribution in [1.82, 2.24) is 5.32 Å². The van der Waals surface area contributed by atoms with Gasteiger partial charge in [0.05, 0.1) is 12.7 Å². The van der Waals surface area contributed by atoms with E-state index in [-0.39, 0.29) is 19.1 Å². The number of carbonyl (C=O) groups is 2. The lowest BCUT2D eigenvalue weighted by Gasteiger charge is -2.24. The Morgan fingerprint density at radius 1 is 1.22 bits per heavy atom. The van der Waals surface area contributed by atoms with E-state index >= 15 is 0 Å². The van der Waals surface area contributed by atoms with E-state index in [2.05, 4.69) is 11.4 Å². The zero-order valence-corrected chi connectivity index (χ0v) is 11.4. The van der Waals surface area contributed by atoms with E-state index in [9.17, 15) is 14.9 Å². The Morgan fingerprint density at radius 3 is 2.17 bits per heavy atom. The van der Waals surface area contributed by atoms with E-state index < -0.39 is 11.4 Å². The largest absolute Gasteiger partial charge is 0.465 e. The summed E-state index contributed by atoms with van der Waals surface area (Å²) in [5.41, 5.74) is -1.02. The molecular formula is C13H22N2O3. The third kappa shape index (κ3) is 4.74. The first-order chi connectivity index (χ1) is 8.56. The molecule has 0 aromatic carbocycles. The summed E-state index contributed by atoms with van der Waals surface area (Å²) in [6.45, 7) is 5.67. The lowest BCUT2D eigenvalue weighted by Crippen LogP contribution is -2.42. The van der Waals surface area contributed by atoms with Gasteiger partial charge in [-0.25, -0.2) is 0 Å². The van der Waals surface area contributed by atoms with Gasteiger partial charge >= 0.3 is 5.97 Å². The van der Waals surface area contributed by atoms with Gasteiger partial charge in [-0.15, -0.1) is 0 Å². The molecule has 0 saturated carbocycles. The molecule has 102 valence electrons. The van der Waals surface area contributed by atoms with Crippen molar-refractivity contribution in [3.63, 3.8) is 0 Å². The van der Waals surface area contributed by atoms with Gasteiger partial charge in [-0.05, 0) is 19.8 Å². The van der Waals surface area contributed by atoms with Crippen molar-refractivity contribution in [3.8, 4) is 6.07 Å². The lowest BCUT2D eigenvalue weighted by molar-refractivity contribution is -0.144. The van der Waals surface area contributed by atoms with Crippen molar-refractivity contribution in [2.45, 2.75) is 46.5 Å². The first-order valence-electron chi connectivity index (χ1n) is 6.41. The summed E-state index contributed by atoms with van der Waals surface area (Å²) in [6.07, 6.45) is 2.51. The Kier molecular flexibility index (Phi) is 7.77. The van der Waals surface area contributed by atoms with E-state index in [1.54, 1.807) is 6.92 Å². The lowest BCUT2D eigenvalue weighted by atomic mass is 9.80. The van der Waals surface area contributed by atoms with Gasteiger partial charge in [-0.2, -0.15) is 5.26 Å². The molecule has 0 aliphatic carbocycles. The SMILES string of the molecule is CCCC(C#N)(CCC)C(=O)NCC(=O)OCC. The molecule has 0 fully saturated rings. The number of ether oxygens (including phenoxy) is 1. The Balaban J connectivity index is 4.57. The molecule has 0 bridgehead atoms. The van der Waals surface area contributed by atoms with Gasteiger partial charge in [0.2, 0.25) is 5.91 Å². The molecule has 0 spiro atoms. The van der Waals surface area contributed by atoms with Crippen LogP contribution in [0.3, 0.4) is 0 Å². The zero-order chi connectivity index (χ0) is 14.0. The molecule has 0 aliphatic heterocycles.